The Hall–Kier alpha value is -3.65. The summed E-state index contributed by atoms with van der Waals surface area (Å²) < 4.78 is 17.0. The van der Waals surface area contributed by atoms with Gasteiger partial charge in [-0.15, -0.1) is 0 Å². The predicted octanol–water partition coefficient (Wildman–Crippen LogP) is 4.21. The van der Waals surface area contributed by atoms with E-state index >= 15 is 0 Å². The molecule has 0 bridgehead atoms. The second kappa shape index (κ2) is 10.9. The van der Waals surface area contributed by atoms with E-state index in [4.69, 9.17) is 14.2 Å². The van der Waals surface area contributed by atoms with Crippen LogP contribution in [0, 0.1) is 0 Å². The number of carbonyl (C=O) groups is 2. The number of hydrazone groups is 1. The molecule has 0 unspecified atom stereocenters. The lowest BCUT2D eigenvalue weighted by Crippen LogP contribution is -2.24. The topological polar surface area (TPSA) is 86.2 Å². The summed E-state index contributed by atoms with van der Waals surface area (Å²) >= 11 is 3.33. The lowest BCUT2D eigenvalue weighted by molar-refractivity contribution is -0.123. The summed E-state index contributed by atoms with van der Waals surface area (Å²) in [6.07, 6.45) is 1.45. The Bertz CT molecular complexity index is 1070. The summed E-state index contributed by atoms with van der Waals surface area (Å²) in [7, 11) is 1.47. The van der Waals surface area contributed by atoms with Crippen LogP contribution in [0.15, 0.2) is 82.4 Å². The maximum absolute atomic E-state index is 12.2. The van der Waals surface area contributed by atoms with Crippen molar-refractivity contribution in [2.24, 2.45) is 5.10 Å². The van der Waals surface area contributed by atoms with Crippen molar-refractivity contribution in [2.75, 3.05) is 13.7 Å². The first-order valence-corrected chi connectivity index (χ1v) is 10.00. The molecule has 158 valence electrons. The normalized spacial score (nSPS) is 10.5. The van der Waals surface area contributed by atoms with E-state index < -0.39 is 11.9 Å². The zero-order valence-corrected chi connectivity index (χ0v) is 18.2. The SMILES string of the molecule is COc1cc(/C=N\NC(=O)COc2ccc(Br)cc2)ccc1OC(=O)c1ccccc1. The highest BCUT2D eigenvalue weighted by Crippen LogP contribution is 2.28. The van der Waals surface area contributed by atoms with Gasteiger partial charge in [0.05, 0.1) is 18.9 Å². The van der Waals surface area contributed by atoms with Crippen molar-refractivity contribution in [1.82, 2.24) is 5.43 Å². The molecule has 0 atom stereocenters. The van der Waals surface area contributed by atoms with Gasteiger partial charge in [-0.2, -0.15) is 5.10 Å². The molecule has 0 saturated heterocycles. The molecule has 0 aliphatic rings. The second-order valence-corrected chi connectivity index (χ2v) is 7.12. The highest BCUT2D eigenvalue weighted by atomic mass is 79.9. The van der Waals surface area contributed by atoms with Crippen molar-refractivity contribution in [3.63, 3.8) is 0 Å². The number of rotatable bonds is 8. The third-order valence-electron chi connectivity index (χ3n) is 3.99. The lowest BCUT2D eigenvalue weighted by Gasteiger charge is -2.10. The number of hydrogen-bond acceptors (Lipinski definition) is 6. The number of ether oxygens (including phenoxy) is 3. The minimum atomic E-state index is -0.488. The summed E-state index contributed by atoms with van der Waals surface area (Å²) in [6, 6.07) is 20.7. The van der Waals surface area contributed by atoms with Gasteiger partial charge in [0, 0.05) is 4.47 Å². The van der Waals surface area contributed by atoms with Crippen LogP contribution in [0.4, 0.5) is 0 Å². The van der Waals surface area contributed by atoms with Crippen LogP contribution in [0.3, 0.4) is 0 Å². The van der Waals surface area contributed by atoms with Crippen LogP contribution in [-0.4, -0.2) is 31.8 Å². The molecule has 7 nitrogen and oxygen atoms in total. The quantitative estimate of drug-likeness (QED) is 0.225. The van der Waals surface area contributed by atoms with E-state index in [0.29, 0.717) is 22.6 Å². The summed E-state index contributed by atoms with van der Waals surface area (Å²) in [4.78, 5) is 24.1. The van der Waals surface area contributed by atoms with Gasteiger partial charge < -0.3 is 14.2 Å². The Morgan fingerprint density at radius 3 is 2.45 bits per heavy atom. The van der Waals surface area contributed by atoms with Gasteiger partial charge in [-0.1, -0.05) is 34.1 Å². The Morgan fingerprint density at radius 1 is 1.00 bits per heavy atom. The zero-order valence-electron chi connectivity index (χ0n) is 16.6. The Balaban J connectivity index is 1.55. The van der Waals surface area contributed by atoms with Gasteiger partial charge in [0.2, 0.25) is 0 Å². The van der Waals surface area contributed by atoms with Gasteiger partial charge in [0.25, 0.3) is 5.91 Å². The van der Waals surface area contributed by atoms with E-state index in [0.717, 1.165) is 4.47 Å². The fraction of sp³-hybridized carbons (Fsp3) is 0.0870. The van der Waals surface area contributed by atoms with E-state index in [9.17, 15) is 9.59 Å². The van der Waals surface area contributed by atoms with Crippen molar-refractivity contribution < 1.29 is 23.8 Å². The molecule has 0 radical (unpaired) electrons. The molecule has 8 heteroatoms. The monoisotopic (exact) mass is 482 g/mol. The van der Waals surface area contributed by atoms with E-state index in [1.54, 1.807) is 54.6 Å². The maximum Gasteiger partial charge on any atom is 0.343 e. The van der Waals surface area contributed by atoms with Crippen molar-refractivity contribution in [1.29, 1.82) is 0 Å². The first-order valence-electron chi connectivity index (χ1n) is 9.20. The van der Waals surface area contributed by atoms with Crippen molar-refractivity contribution in [3.05, 3.63) is 88.4 Å². The van der Waals surface area contributed by atoms with Gasteiger partial charge >= 0.3 is 5.97 Å². The lowest BCUT2D eigenvalue weighted by atomic mass is 10.2. The largest absolute Gasteiger partial charge is 0.493 e. The minimum Gasteiger partial charge on any atom is -0.493 e. The third kappa shape index (κ3) is 6.68. The van der Waals surface area contributed by atoms with E-state index in [2.05, 4.69) is 26.5 Å². The van der Waals surface area contributed by atoms with Gasteiger partial charge in [-0.3, -0.25) is 4.79 Å². The molecular weight excluding hydrogens is 464 g/mol. The zero-order chi connectivity index (χ0) is 22.1. The van der Waals surface area contributed by atoms with Gasteiger partial charge in [-0.05, 0) is 60.2 Å². The van der Waals surface area contributed by atoms with Gasteiger partial charge in [0.1, 0.15) is 5.75 Å². The number of carbonyl (C=O) groups excluding carboxylic acids is 2. The summed E-state index contributed by atoms with van der Waals surface area (Å²) in [6.45, 7) is -0.170. The van der Waals surface area contributed by atoms with Crippen LogP contribution in [-0.2, 0) is 4.79 Å². The molecule has 1 amide bonds. The molecule has 3 rings (SSSR count). The fourth-order valence-corrected chi connectivity index (χ4v) is 2.74. The number of hydrogen-bond donors (Lipinski definition) is 1. The summed E-state index contributed by atoms with van der Waals surface area (Å²) in [5, 5.41) is 3.91. The number of benzene rings is 3. The van der Waals surface area contributed by atoms with Crippen LogP contribution in [0.5, 0.6) is 17.2 Å². The Labute approximate surface area is 187 Å². The third-order valence-corrected chi connectivity index (χ3v) is 4.51. The Kier molecular flexibility index (Phi) is 7.78. The van der Waals surface area contributed by atoms with Crippen LogP contribution < -0.4 is 19.6 Å². The second-order valence-electron chi connectivity index (χ2n) is 6.20. The number of nitrogens with zero attached hydrogens (tertiary/aromatic N) is 1. The summed E-state index contributed by atoms with van der Waals surface area (Å²) in [5.41, 5.74) is 3.47. The predicted molar refractivity (Wildman–Crippen MR) is 120 cm³/mol. The number of amides is 1. The van der Waals surface area contributed by atoms with E-state index in [-0.39, 0.29) is 12.4 Å². The molecule has 3 aromatic rings. The number of esters is 1. The maximum atomic E-state index is 12.2. The van der Waals surface area contributed by atoms with E-state index in [1.807, 2.05) is 18.2 Å². The molecule has 31 heavy (non-hydrogen) atoms. The molecule has 0 aliphatic heterocycles. The number of halogens is 1. The Morgan fingerprint density at radius 2 is 1.74 bits per heavy atom. The van der Waals surface area contributed by atoms with Crippen molar-refractivity contribution in [2.45, 2.75) is 0 Å². The minimum absolute atomic E-state index is 0.170. The average Bonchev–Trinajstić information content (AvgIpc) is 2.80. The highest BCUT2D eigenvalue weighted by molar-refractivity contribution is 9.10. The van der Waals surface area contributed by atoms with Gasteiger partial charge in [0.15, 0.2) is 18.1 Å². The molecule has 0 fully saturated rings. The molecule has 0 heterocycles. The molecule has 0 aromatic heterocycles. The standard InChI is InChI=1S/C23H19BrN2O5/c1-29-21-13-16(7-12-20(21)31-23(28)17-5-3-2-4-6-17)14-25-26-22(27)15-30-19-10-8-18(24)9-11-19/h2-14H,15H2,1H3,(H,26,27)/b25-14-. The fourth-order valence-electron chi connectivity index (χ4n) is 2.47. The molecular formula is C23H19BrN2O5. The van der Waals surface area contributed by atoms with Crippen molar-refractivity contribution >= 4 is 34.0 Å². The van der Waals surface area contributed by atoms with E-state index in [1.165, 1.54) is 13.3 Å². The smallest absolute Gasteiger partial charge is 0.343 e. The number of nitrogens with one attached hydrogen (secondary N) is 1. The average molecular weight is 483 g/mol. The van der Waals surface area contributed by atoms with Crippen LogP contribution in [0.1, 0.15) is 15.9 Å². The molecule has 0 aliphatic carbocycles. The molecule has 1 N–H and O–H groups in total. The first kappa shape index (κ1) is 22.0. The number of methoxy groups -OCH3 is 1. The molecule has 0 spiro atoms. The molecule has 3 aromatic carbocycles. The first-order chi connectivity index (χ1) is 15.0. The molecule has 0 saturated carbocycles. The summed E-state index contributed by atoms with van der Waals surface area (Å²) in [5.74, 6) is 0.323. The van der Waals surface area contributed by atoms with Crippen LogP contribution >= 0.6 is 15.9 Å². The highest BCUT2D eigenvalue weighted by Gasteiger charge is 2.12. The van der Waals surface area contributed by atoms with Crippen LogP contribution in [0.25, 0.3) is 0 Å². The van der Waals surface area contributed by atoms with Gasteiger partial charge in [-0.25, -0.2) is 10.2 Å². The van der Waals surface area contributed by atoms with Crippen LogP contribution in [0.2, 0.25) is 0 Å². The van der Waals surface area contributed by atoms with Crippen molar-refractivity contribution in [3.8, 4) is 17.2 Å².